The first-order chi connectivity index (χ1) is 9.15. The molecule has 0 aliphatic carbocycles. The molecule has 0 saturated carbocycles. The van der Waals surface area contributed by atoms with E-state index in [1.807, 2.05) is 18.2 Å². The van der Waals surface area contributed by atoms with E-state index < -0.39 is 24.3 Å². The lowest BCUT2D eigenvalue weighted by molar-refractivity contribution is -0.142. The van der Waals surface area contributed by atoms with Gasteiger partial charge in [0.25, 0.3) is 0 Å². The summed E-state index contributed by atoms with van der Waals surface area (Å²) in [6, 6.07) is 8.42. The molecule has 1 aliphatic heterocycles. The number of carbonyl (C=O) groups is 2. The number of aliphatic hydroxyl groups excluding tert-OH is 1. The molecule has 19 heavy (non-hydrogen) atoms. The highest BCUT2D eigenvalue weighted by Gasteiger charge is 2.31. The van der Waals surface area contributed by atoms with E-state index in [-0.39, 0.29) is 13.0 Å². The lowest BCUT2D eigenvalue weighted by Gasteiger charge is -2.09. The molecule has 1 aromatic carbocycles. The van der Waals surface area contributed by atoms with E-state index in [1.165, 1.54) is 0 Å². The van der Waals surface area contributed by atoms with Crippen molar-refractivity contribution in [3.63, 3.8) is 0 Å². The molecule has 1 aromatic rings. The number of hydrogen-bond donors (Lipinski definition) is 2. The van der Waals surface area contributed by atoms with Gasteiger partial charge in [-0.25, -0.2) is 9.59 Å². The second-order valence-electron chi connectivity index (χ2n) is 4.30. The highest BCUT2D eigenvalue weighted by molar-refractivity contribution is 5.85. The molecule has 1 aliphatic rings. The molecule has 1 fully saturated rings. The molecule has 2 rings (SSSR count). The summed E-state index contributed by atoms with van der Waals surface area (Å²) in [5, 5.41) is 12.0. The molecule has 2 atom stereocenters. The van der Waals surface area contributed by atoms with Crippen molar-refractivity contribution in [1.82, 2.24) is 5.32 Å². The number of β-amino-alcohol motifs (C(OH)–C–C–N with tert-alkyl or cyclic N) is 1. The molecule has 1 unspecified atom stereocenters. The van der Waals surface area contributed by atoms with Gasteiger partial charge in [-0.1, -0.05) is 30.3 Å². The molecule has 0 bridgehead atoms. The van der Waals surface area contributed by atoms with Gasteiger partial charge in [0.1, 0.15) is 12.6 Å². The van der Waals surface area contributed by atoms with Gasteiger partial charge in [0.2, 0.25) is 0 Å². The summed E-state index contributed by atoms with van der Waals surface area (Å²) in [7, 11) is 0. The Morgan fingerprint density at radius 1 is 1.32 bits per heavy atom. The number of nitrogens with one attached hydrogen (secondary N) is 1. The topological polar surface area (TPSA) is 84.9 Å². The van der Waals surface area contributed by atoms with Crippen LogP contribution in [0.3, 0.4) is 0 Å². The SMILES string of the molecule is O=C(OCc1ccccc1)OC(=O)[C@@H]1CC(O)CN1. The summed E-state index contributed by atoms with van der Waals surface area (Å²) in [4.78, 5) is 22.8. The van der Waals surface area contributed by atoms with Crippen molar-refractivity contribution in [3.05, 3.63) is 35.9 Å². The van der Waals surface area contributed by atoms with E-state index >= 15 is 0 Å². The van der Waals surface area contributed by atoms with Crippen molar-refractivity contribution >= 4 is 12.1 Å². The van der Waals surface area contributed by atoms with Gasteiger partial charge in [-0.3, -0.25) is 0 Å². The smallest absolute Gasteiger partial charge is 0.429 e. The van der Waals surface area contributed by atoms with E-state index in [4.69, 9.17) is 4.74 Å². The van der Waals surface area contributed by atoms with Crippen LogP contribution in [0.25, 0.3) is 0 Å². The van der Waals surface area contributed by atoms with Crippen LogP contribution < -0.4 is 5.32 Å². The second kappa shape index (κ2) is 6.31. The maximum absolute atomic E-state index is 11.5. The number of rotatable bonds is 3. The lowest BCUT2D eigenvalue weighted by atomic mass is 10.2. The Kier molecular flexibility index (Phi) is 4.48. The zero-order valence-electron chi connectivity index (χ0n) is 10.2. The molecule has 0 spiro atoms. The van der Waals surface area contributed by atoms with Crippen LogP contribution in [-0.2, 0) is 20.9 Å². The third-order valence-corrected chi connectivity index (χ3v) is 2.78. The molecule has 0 radical (unpaired) electrons. The molecule has 0 amide bonds. The van der Waals surface area contributed by atoms with Crippen molar-refractivity contribution in [1.29, 1.82) is 0 Å². The standard InChI is InChI=1S/C13H15NO5/c15-10-6-11(14-7-10)12(16)19-13(17)18-8-9-4-2-1-3-5-9/h1-5,10-11,14-15H,6-8H2/t10?,11-/m0/s1. The average Bonchev–Trinajstić information content (AvgIpc) is 2.84. The highest BCUT2D eigenvalue weighted by atomic mass is 16.7. The first-order valence-electron chi connectivity index (χ1n) is 5.99. The maximum Gasteiger partial charge on any atom is 0.516 e. The number of benzene rings is 1. The first kappa shape index (κ1) is 13.5. The maximum atomic E-state index is 11.5. The predicted molar refractivity (Wildman–Crippen MR) is 65.1 cm³/mol. The summed E-state index contributed by atoms with van der Waals surface area (Å²) in [6.45, 7) is 0.368. The summed E-state index contributed by atoms with van der Waals surface area (Å²) < 4.78 is 9.34. The second-order valence-corrected chi connectivity index (χ2v) is 4.30. The predicted octanol–water partition coefficient (Wildman–Crippen LogP) is 0.589. The molecule has 2 N–H and O–H groups in total. The van der Waals surface area contributed by atoms with Gasteiger partial charge < -0.3 is 19.9 Å². The van der Waals surface area contributed by atoms with Gasteiger partial charge in [0.05, 0.1) is 6.10 Å². The average molecular weight is 265 g/mol. The Hall–Kier alpha value is -1.92. The Balaban J connectivity index is 1.74. The van der Waals surface area contributed by atoms with Crippen molar-refractivity contribution in [3.8, 4) is 0 Å². The van der Waals surface area contributed by atoms with Crippen LogP contribution in [0.2, 0.25) is 0 Å². The van der Waals surface area contributed by atoms with Gasteiger partial charge in [-0.05, 0) is 5.56 Å². The van der Waals surface area contributed by atoms with Gasteiger partial charge in [-0.15, -0.1) is 0 Å². The number of aliphatic hydroxyl groups is 1. The Morgan fingerprint density at radius 3 is 2.68 bits per heavy atom. The largest absolute Gasteiger partial charge is 0.516 e. The first-order valence-corrected chi connectivity index (χ1v) is 5.99. The molecule has 6 nitrogen and oxygen atoms in total. The monoisotopic (exact) mass is 265 g/mol. The van der Waals surface area contributed by atoms with E-state index in [1.54, 1.807) is 12.1 Å². The third kappa shape index (κ3) is 4.04. The van der Waals surface area contributed by atoms with Crippen molar-refractivity contribution in [2.24, 2.45) is 0 Å². The summed E-state index contributed by atoms with van der Waals surface area (Å²) in [5.41, 5.74) is 0.807. The molecule has 6 heteroatoms. The molecular formula is C13H15NO5. The number of esters is 1. The van der Waals surface area contributed by atoms with Crippen LogP contribution in [0.5, 0.6) is 0 Å². The minimum atomic E-state index is -1.03. The summed E-state index contributed by atoms with van der Waals surface area (Å²) >= 11 is 0. The molecule has 1 heterocycles. The highest BCUT2D eigenvalue weighted by Crippen LogP contribution is 2.09. The van der Waals surface area contributed by atoms with Gasteiger partial charge in [0.15, 0.2) is 0 Å². The van der Waals surface area contributed by atoms with Crippen LogP contribution in [0.4, 0.5) is 4.79 Å². The Labute approximate surface area is 110 Å². The van der Waals surface area contributed by atoms with Crippen molar-refractivity contribution in [2.45, 2.75) is 25.2 Å². The van der Waals surface area contributed by atoms with Crippen LogP contribution >= 0.6 is 0 Å². The number of hydrogen-bond acceptors (Lipinski definition) is 6. The quantitative estimate of drug-likeness (QED) is 0.614. The Morgan fingerprint density at radius 2 is 2.05 bits per heavy atom. The molecule has 102 valence electrons. The van der Waals surface area contributed by atoms with Gasteiger partial charge in [0, 0.05) is 13.0 Å². The van der Waals surface area contributed by atoms with Gasteiger partial charge >= 0.3 is 12.1 Å². The fourth-order valence-corrected chi connectivity index (χ4v) is 1.80. The molecular weight excluding hydrogens is 250 g/mol. The third-order valence-electron chi connectivity index (χ3n) is 2.78. The zero-order chi connectivity index (χ0) is 13.7. The van der Waals surface area contributed by atoms with Crippen molar-refractivity contribution < 1.29 is 24.2 Å². The molecule has 0 aromatic heterocycles. The minimum Gasteiger partial charge on any atom is -0.429 e. The van der Waals surface area contributed by atoms with Crippen LogP contribution in [-0.4, -0.2) is 35.9 Å². The number of carbonyl (C=O) groups excluding carboxylic acids is 2. The van der Waals surface area contributed by atoms with Crippen LogP contribution in [0, 0.1) is 0 Å². The van der Waals surface area contributed by atoms with Crippen molar-refractivity contribution in [2.75, 3.05) is 6.54 Å². The Bertz CT molecular complexity index is 448. The summed E-state index contributed by atoms with van der Waals surface area (Å²) in [6.07, 6.45) is -1.37. The zero-order valence-corrected chi connectivity index (χ0v) is 10.2. The van der Waals surface area contributed by atoms with E-state index in [2.05, 4.69) is 10.1 Å². The fourth-order valence-electron chi connectivity index (χ4n) is 1.80. The lowest BCUT2D eigenvalue weighted by Crippen LogP contribution is -2.33. The fraction of sp³-hybridized carbons (Fsp3) is 0.385. The normalized spacial score (nSPS) is 21.9. The van der Waals surface area contributed by atoms with Crippen LogP contribution in [0.1, 0.15) is 12.0 Å². The van der Waals surface area contributed by atoms with Gasteiger partial charge in [-0.2, -0.15) is 0 Å². The van der Waals surface area contributed by atoms with E-state index in [0.29, 0.717) is 6.54 Å². The molecule has 1 saturated heterocycles. The van der Waals surface area contributed by atoms with Crippen LogP contribution in [0.15, 0.2) is 30.3 Å². The van der Waals surface area contributed by atoms with E-state index in [0.717, 1.165) is 5.56 Å². The number of ether oxygens (including phenoxy) is 2. The summed E-state index contributed by atoms with van der Waals surface area (Å²) in [5.74, 6) is -0.727. The van der Waals surface area contributed by atoms with E-state index in [9.17, 15) is 14.7 Å². The minimum absolute atomic E-state index is 0.0493.